The Hall–Kier alpha value is -0.0600. The zero-order valence-corrected chi connectivity index (χ0v) is 14.0. The van der Waals surface area contributed by atoms with E-state index in [1.54, 1.807) is 6.07 Å². The van der Waals surface area contributed by atoms with E-state index in [0.717, 1.165) is 44.6 Å². The predicted octanol–water partition coefficient (Wildman–Crippen LogP) is 4.07. The van der Waals surface area contributed by atoms with E-state index >= 15 is 0 Å². The topological polar surface area (TPSA) is 15.3 Å². The average molecular weight is 344 g/mol. The fraction of sp³-hybridized carbons (Fsp3) is 0.571. The monoisotopic (exact) mass is 342 g/mol. The summed E-state index contributed by atoms with van der Waals surface area (Å²) in [6, 6.07) is 5.46. The molecule has 0 aromatic heterocycles. The first-order valence-corrected chi connectivity index (χ1v) is 7.00. The van der Waals surface area contributed by atoms with E-state index < -0.39 is 0 Å². The summed E-state index contributed by atoms with van der Waals surface area (Å²) in [6.45, 7) is 6.02. The van der Waals surface area contributed by atoms with Gasteiger partial charge < -0.3 is 5.32 Å². The third kappa shape index (κ3) is 4.74. The quantitative estimate of drug-likeness (QED) is 0.886. The average Bonchev–Trinajstić information content (AvgIpc) is 2.41. The first-order valence-electron chi connectivity index (χ1n) is 6.62. The Balaban J connectivity index is 0.00000180. The number of nitrogens with zero attached hydrogens (tertiary/aromatic N) is 1. The van der Waals surface area contributed by atoms with Gasteiger partial charge in [-0.15, -0.1) is 24.8 Å². The van der Waals surface area contributed by atoms with Crippen molar-refractivity contribution in [2.24, 2.45) is 0 Å². The van der Waals surface area contributed by atoms with E-state index in [1.807, 2.05) is 12.1 Å². The highest BCUT2D eigenvalue weighted by Gasteiger charge is 2.24. The third-order valence-electron chi connectivity index (χ3n) is 3.49. The molecule has 1 heterocycles. The summed E-state index contributed by atoms with van der Waals surface area (Å²) >= 11 is 5.89. The van der Waals surface area contributed by atoms with Gasteiger partial charge in [0.1, 0.15) is 5.82 Å². The van der Waals surface area contributed by atoms with Gasteiger partial charge in [-0.25, -0.2) is 4.39 Å². The zero-order chi connectivity index (χ0) is 13.0. The van der Waals surface area contributed by atoms with Crippen molar-refractivity contribution in [3.05, 3.63) is 34.6 Å². The molecule has 0 aliphatic carbocycles. The van der Waals surface area contributed by atoms with Gasteiger partial charge in [0.05, 0.1) is 5.02 Å². The maximum absolute atomic E-state index is 14.2. The smallest absolute Gasteiger partial charge is 0.146 e. The van der Waals surface area contributed by atoms with Gasteiger partial charge in [-0.3, -0.25) is 4.90 Å². The molecule has 0 unspecified atom stereocenters. The van der Waals surface area contributed by atoms with E-state index in [9.17, 15) is 4.39 Å². The number of benzene rings is 1. The van der Waals surface area contributed by atoms with Crippen molar-refractivity contribution in [3.8, 4) is 0 Å². The molecular formula is C14H22Cl3FN2. The van der Waals surface area contributed by atoms with Crippen LogP contribution < -0.4 is 5.32 Å². The second-order valence-corrected chi connectivity index (χ2v) is 5.14. The Morgan fingerprint density at radius 1 is 1.30 bits per heavy atom. The molecule has 1 aromatic rings. The van der Waals surface area contributed by atoms with E-state index in [4.69, 9.17) is 11.6 Å². The van der Waals surface area contributed by atoms with Gasteiger partial charge in [0, 0.05) is 37.8 Å². The number of rotatable bonds is 4. The van der Waals surface area contributed by atoms with E-state index in [0.29, 0.717) is 0 Å². The van der Waals surface area contributed by atoms with Crippen molar-refractivity contribution >= 4 is 36.4 Å². The van der Waals surface area contributed by atoms with Crippen molar-refractivity contribution in [2.75, 3.05) is 26.2 Å². The lowest BCUT2D eigenvalue weighted by atomic mass is 9.99. The molecule has 1 atom stereocenters. The lowest BCUT2D eigenvalue weighted by molar-refractivity contribution is 0.161. The van der Waals surface area contributed by atoms with E-state index in [2.05, 4.69) is 17.1 Å². The summed E-state index contributed by atoms with van der Waals surface area (Å²) in [7, 11) is 0. The minimum absolute atomic E-state index is 0. The van der Waals surface area contributed by atoms with Crippen molar-refractivity contribution in [1.82, 2.24) is 10.2 Å². The molecular weight excluding hydrogens is 322 g/mol. The SMILES string of the molecule is CCC[C@@H](c1cccc(Cl)c1F)N1CCNCC1.Cl.Cl. The predicted molar refractivity (Wildman–Crippen MR) is 88.0 cm³/mol. The highest BCUT2D eigenvalue weighted by Crippen LogP contribution is 2.30. The van der Waals surface area contributed by atoms with Crippen LogP contribution in [-0.2, 0) is 0 Å². The lowest BCUT2D eigenvalue weighted by Gasteiger charge is -2.35. The van der Waals surface area contributed by atoms with Crippen LogP contribution in [0.3, 0.4) is 0 Å². The van der Waals surface area contributed by atoms with Gasteiger partial charge >= 0.3 is 0 Å². The second-order valence-electron chi connectivity index (χ2n) is 4.73. The molecule has 0 radical (unpaired) electrons. The molecule has 0 amide bonds. The molecule has 1 aliphatic rings. The van der Waals surface area contributed by atoms with E-state index in [-0.39, 0.29) is 41.7 Å². The van der Waals surface area contributed by atoms with Gasteiger partial charge in [0.25, 0.3) is 0 Å². The number of hydrogen-bond donors (Lipinski definition) is 1. The molecule has 0 spiro atoms. The summed E-state index contributed by atoms with van der Waals surface area (Å²) in [5, 5.41) is 3.55. The van der Waals surface area contributed by atoms with Gasteiger partial charge in [-0.05, 0) is 12.5 Å². The van der Waals surface area contributed by atoms with Crippen LogP contribution in [0.4, 0.5) is 4.39 Å². The van der Waals surface area contributed by atoms with Crippen LogP contribution >= 0.6 is 36.4 Å². The zero-order valence-electron chi connectivity index (χ0n) is 11.6. The van der Waals surface area contributed by atoms with Crippen molar-refractivity contribution < 1.29 is 4.39 Å². The minimum Gasteiger partial charge on any atom is -0.314 e. The van der Waals surface area contributed by atoms with Crippen molar-refractivity contribution in [1.29, 1.82) is 0 Å². The first-order chi connectivity index (χ1) is 8.74. The summed E-state index contributed by atoms with van der Waals surface area (Å²) in [6.07, 6.45) is 2.01. The van der Waals surface area contributed by atoms with Gasteiger partial charge in [-0.2, -0.15) is 0 Å². The molecule has 6 heteroatoms. The molecule has 1 fully saturated rings. The van der Waals surface area contributed by atoms with Crippen LogP contribution in [0, 0.1) is 5.82 Å². The normalized spacial score (nSPS) is 16.9. The summed E-state index contributed by atoms with van der Waals surface area (Å²) in [4.78, 5) is 2.36. The molecule has 20 heavy (non-hydrogen) atoms. The highest BCUT2D eigenvalue weighted by molar-refractivity contribution is 6.30. The molecule has 2 nitrogen and oxygen atoms in total. The van der Waals surface area contributed by atoms with Gasteiger partial charge in [0.15, 0.2) is 0 Å². The standard InChI is InChI=1S/C14H20ClFN2.2ClH/c1-2-4-13(18-9-7-17-8-10-18)11-5-3-6-12(15)14(11)16;;/h3,5-6,13,17H,2,4,7-10H2,1H3;2*1H/t13-;;/m0../s1. The fourth-order valence-corrected chi connectivity index (χ4v) is 2.76. The molecule has 1 aromatic carbocycles. The molecule has 2 rings (SSSR count). The maximum Gasteiger partial charge on any atom is 0.146 e. The van der Waals surface area contributed by atoms with Crippen LogP contribution in [0.1, 0.15) is 31.4 Å². The van der Waals surface area contributed by atoms with E-state index in [1.165, 1.54) is 0 Å². The van der Waals surface area contributed by atoms with Crippen LogP contribution in [0.5, 0.6) is 0 Å². The van der Waals surface area contributed by atoms with Crippen LogP contribution in [0.25, 0.3) is 0 Å². The van der Waals surface area contributed by atoms with Crippen molar-refractivity contribution in [3.63, 3.8) is 0 Å². The van der Waals surface area contributed by atoms with Crippen LogP contribution in [0.15, 0.2) is 18.2 Å². The summed E-state index contributed by atoms with van der Waals surface area (Å²) < 4.78 is 14.2. The molecule has 0 saturated carbocycles. The second kappa shape index (κ2) is 9.80. The van der Waals surface area contributed by atoms with Gasteiger partial charge in [-0.1, -0.05) is 37.1 Å². The molecule has 1 aliphatic heterocycles. The Bertz CT molecular complexity index is 398. The highest BCUT2D eigenvalue weighted by atomic mass is 35.5. The fourth-order valence-electron chi connectivity index (χ4n) is 2.58. The summed E-state index contributed by atoms with van der Waals surface area (Å²) in [5.41, 5.74) is 0.742. The number of hydrogen-bond acceptors (Lipinski definition) is 2. The first kappa shape index (κ1) is 19.9. The minimum atomic E-state index is -0.254. The third-order valence-corrected chi connectivity index (χ3v) is 3.79. The number of piperazine rings is 1. The lowest BCUT2D eigenvalue weighted by Crippen LogP contribution is -2.45. The Kier molecular flexibility index (Phi) is 9.77. The molecule has 116 valence electrons. The summed E-state index contributed by atoms with van der Waals surface area (Å²) in [5.74, 6) is -0.254. The number of halogens is 4. The Morgan fingerprint density at radius 2 is 1.95 bits per heavy atom. The largest absolute Gasteiger partial charge is 0.314 e. The Labute approximate surface area is 137 Å². The molecule has 0 bridgehead atoms. The number of nitrogens with one attached hydrogen (secondary N) is 1. The molecule has 1 saturated heterocycles. The van der Waals surface area contributed by atoms with Gasteiger partial charge in [0.2, 0.25) is 0 Å². The van der Waals surface area contributed by atoms with Crippen LogP contribution in [-0.4, -0.2) is 31.1 Å². The molecule has 1 N–H and O–H groups in total. The maximum atomic E-state index is 14.2. The van der Waals surface area contributed by atoms with Crippen molar-refractivity contribution in [2.45, 2.75) is 25.8 Å². The Morgan fingerprint density at radius 3 is 2.55 bits per heavy atom. The van der Waals surface area contributed by atoms with Crippen LogP contribution in [0.2, 0.25) is 5.02 Å².